The molecule has 0 aliphatic rings. The standard InChI is InChI=1S/C12H27N3O2/c1-10(16)8-12(2,3)9-14-11(17)13-6-7-15(4)5/h10,16H,6-9H2,1-5H3,(H2,13,14,17). The Hall–Kier alpha value is -0.810. The zero-order valence-electron chi connectivity index (χ0n) is 11.7. The number of carbonyl (C=O) groups excluding carboxylic acids is 1. The van der Waals surface area contributed by atoms with Crippen LogP contribution in [0.5, 0.6) is 0 Å². The van der Waals surface area contributed by atoms with E-state index < -0.39 is 0 Å². The van der Waals surface area contributed by atoms with Gasteiger partial charge in [0.2, 0.25) is 0 Å². The summed E-state index contributed by atoms with van der Waals surface area (Å²) in [7, 11) is 3.93. The van der Waals surface area contributed by atoms with Crippen molar-refractivity contribution in [3.63, 3.8) is 0 Å². The van der Waals surface area contributed by atoms with Gasteiger partial charge < -0.3 is 20.6 Å². The normalized spacial score (nSPS) is 13.6. The van der Waals surface area contributed by atoms with Crippen LogP contribution in [0.15, 0.2) is 0 Å². The largest absolute Gasteiger partial charge is 0.393 e. The van der Waals surface area contributed by atoms with Gasteiger partial charge in [-0.2, -0.15) is 0 Å². The van der Waals surface area contributed by atoms with E-state index in [1.807, 2.05) is 32.8 Å². The molecule has 5 heteroatoms. The summed E-state index contributed by atoms with van der Waals surface area (Å²) >= 11 is 0. The Kier molecular flexibility index (Phi) is 7.15. The lowest BCUT2D eigenvalue weighted by molar-refractivity contribution is 0.129. The highest BCUT2D eigenvalue weighted by Crippen LogP contribution is 2.20. The van der Waals surface area contributed by atoms with Crippen molar-refractivity contribution in [1.29, 1.82) is 0 Å². The Morgan fingerprint density at radius 2 is 1.94 bits per heavy atom. The van der Waals surface area contributed by atoms with Crippen LogP contribution < -0.4 is 10.6 Å². The number of rotatable bonds is 7. The topological polar surface area (TPSA) is 64.6 Å². The molecule has 2 amide bonds. The molecule has 1 atom stereocenters. The lowest BCUT2D eigenvalue weighted by atomic mass is 9.87. The quantitative estimate of drug-likeness (QED) is 0.617. The summed E-state index contributed by atoms with van der Waals surface area (Å²) in [6.07, 6.45) is 0.328. The van der Waals surface area contributed by atoms with Crippen LogP contribution in [0.1, 0.15) is 27.2 Å². The van der Waals surface area contributed by atoms with Crippen LogP contribution in [-0.2, 0) is 0 Å². The van der Waals surface area contributed by atoms with Crippen LogP contribution >= 0.6 is 0 Å². The van der Waals surface area contributed by atoms with Gasteiger partial charge in [-0.15, -0.1) is 0 Å². The van der Waals surface area contributed by atoms with Gasteiger partial charge in [0.25, 0.3) is 0 Å². The molecule has 5 nitrogen and oxygen atoms in total. The van der Waals surface area contributed by atoms with E-state index in [9.17, 15) is 9.90 Å². The average Bonchev–Trinajstić information content (AvgIpc) is 2.12. The summed E-state index contributed by atoms with van der Waals surface area (Å²) in [6.45, 7) is 7.84. The Morgan fingerprint density at radius 1 is 1.35 bits per heavy atom. The molecule has 0 rings (SSSR count). The number of hydrogen-bond donors (Lipinski definition) is 3. The number of aliphatic hydroxyl groups excluding tert-OH is 1. The van der Waals surface area contributed by atoms with Crippen LogP contribution in [0.2, 0.25) is 0 Å². The zero-order chi connectivity index (χ0) is 13.5. The van der Waals surface area contributed by atoms with Crippen LogP contribution in [0, 0.1) is 5.41 Å². The lowest BCUT2D eigenvalue weighted by Gasteiger charge is -2.26. The van der Waals surface area contributed by atoms with Gasteiger partial charge in [-0.25, -0.2) is 4.79 Å². The fourth-order valence-electron chi connectivity index (χ4n) is 1.65. The van der Waals surface area contributed by atoms with E-state index in [0.29, 0.717) is 19.5 Å². The number of urea groups is 1. The molecule has 17 heavy (non-hydrogen) atoms. The number of hydrogen-bond acceptors (Lipinski definition) is 3. The predicted octanol–water partition coefficient (Wildman–Crippen LogP) is 0.644. The van der Waals surface area contributed by atoms with E-state index in [1.54, 1.807) is 6.92 Å². The van der Waals surface area contributed by atoms with Gasteiger partial charge in [-0.05, 0) is 32.9 Å². The number of carbonyl (C=O) groups is 1. The molecule has 0 heterocycles. The molecular formula is C12H27N3O2. The SMILES string of the molecule is CC(O)CC(C)(C)CNC(=O)NCCN(C)C. The summed E-state index contributed by atoms with van der Waals surface area (Å²) < 4.78 is 0. The maximum atomic E-state index is 11.5. The van der Waals surface area contributed by atoms with Crippen LogP contribution in [0.25, 0.3) is 0 Å². The van der Waals surface area contributed by atoms with Gasteiger partial charge in [-0.3, -0.25) is 0 Å². The highest BCUT2D eigenvalue weighted by molar-refractivity contribution is 5.73. The summed E-state index contributed by atoms with van der Waals surface area (Å²) in [5.41, 5.74) is -0.0902. The van der Waals surface area contributed by atoms with Crippen LogP contribution in [0.4, 0.5) is 4.79 Å². The van der Waals surface area contributed by atoms with Crippen LogP contribution in [-0.4, -0.2) is 55.9 Å². The van der Waals surface area contributed by atoms with Crippen molar-refractivity contribution in [1.82, 2.24) is 15.5 Å². The van der Waals surface area contributed by atoms with E-state index in [0.717, 1.165) is 6.54 Å². The third-order valence-corrected chi connectivity index (χ3v) is 2.42. The maximum Gasteiger partial charge on any atom is 0.314 e. The van der Waals surface area contributed by atoms with E-state index in [4.69, 9.17) is 0 Å². The molecule has 0 saturated heterocycles. The highest BCUT2D eigenvalue weighted by Gasteiger charge is 2.20. The summed E-state index contributed by atoms with van der Waals surface area (Å²) in [5, 5.41) is 14.9. The first-order valence-electron chi connectivity index (χ1n) is 6.07. The average molecular weight is 245 g/mol. The number of aliphatic hydroxyl groups is 1. The van der Waals surface area contributed by atoms with Crippen molar-refractivity contribution in [2.24, 2.45) is 5.41 Å². The van der Waals surface area contributed by atoms with Crippen molar-refractivity contribution < 1.29 is 9.90 Å². The molecule has 1 unspecified atom stereocenters. The van der Waals surface area contributed by atoms with Crippen molar-refractivity contribution in [3.8, 4) is 0 Å². The first-order chi connectivity index (χ1) is 7.73. The van der Waals surface area contributed by atoms with Gasteiger partial charge in [0.1, 0.15) is 0 Å². The second-order valence-electron chi connectivity index (χ2n) is 5.63. The van der Waals surface area contributed by atoms with E-state index >= 15 is 0 Å². The molecule has 0 aliphatic carbocycles. The van der Waals surface area contributed by atoms with E-state index in [-0.39, 0.29) is 17.6 Å². The predicted molar refractivity (Wildman–Crippen MR) is 70.0 cm³/mol. The molecule has 0 radical (unpaired) electrons. The minimum Gasteiger partial charge on any atom is -0.393 e. The van der Waals surface area contributed by atoms with Gasteiger partial charge >= 0.3 is 6.03 Å². The lowest BCUT2D eigenvalue weighted by Crippen LogP contribution is -2.43. The fraction of sp³-hybridized carbons (Fsp3) is 0.917. The Morgan fingerprint density at radius 3 is 2.41 bits per heavy atom. The third kappa shape index (κ3) is 10.1. The summed E-state index contributed by atoms with van der Waals surface area (Å²) in [4.78, 5) is 13.5. The monoisotopic (exact) mass is 245 g/mol. The molecule has 0 aromatic heterocycles. The second kappa shape index (κ2) is 7.50. The van der Waals surface area contributed by atoms with Crippen LogP contribution in [0.3, 0.4) is 0 Å². The Balaban J connectivity index is 3.75. The molecule has 0 spiro atoms. The minimum atomic E-state index is -0.344. The molecule has 0 saturated carbocycles. The van der Waals surface area contributed by atoms with Crippen molar-refractivity contribution in [2.75, 3.05) is 33.7 Å². The Labute approximate surface area is 105 Å². The summed E-state index contributed by atoms with van der Waals surface area (Å²) in [5.74, 6) is 0. The van der Waals surface area contributed by atoms with Crippen molar-refractivity contribution in [2.45, 2.75) is 33.3 Å². The van der Waals surface area contributed by atoms with Crippen molar-refractivity contribution >= 4 is 6.03 Å². The van der Waals surface area contributed by atoms with Crippen molar-refractivity contribution in [3.05, 3.63) is 0 Å². The smallest absolute Gasteiger partial charge is 0.314 e. The number of amides is 2. The van der Waals surface area contributed by atoms with Gasteiger partial charge in [0.15, 0.2) is 0 Å². The minimum absolute atomic E-state index is 0.0902. The molecular weight excluding hydrogens is 218 g/mol. The molecule has 0 fully saturated rings. The fourth-order valence-corrected chi connectivity index (χ4v) is 1.65. The zero-order valence-corrected chi connectivity index (χ0v) is 11.7. The maximum absolute atomic E-state index is 11.5. The molecule has 0 aromatic carbocycles. The number of likely N-dealkylation sites (N-methyl/N-ethyl adjacent to an activating group) is 1. The molecule has 0 aromatic rings. The second-order valence-corrected chi connectivity index (χ2v) is 5.63. The number of nitrogens with one attached hydrogen (secondary N) is 2. The van der Waals surface area contributed by atoms with Gasteiger partial charge in [-0.1, -0.05) is 13.8 Å². The number of nitrogens with zero attached hydrogens (tertiary/aromatic N) is 1. The molecule has 102 valence electrons. The molecule has 0 bridgehead atoms. The third-order valence-electron chi connectivity index (χ3n) is 2.42. The highest BCUT2D eigenvalue weighted by atomic mass is 16.3. The first-order valence-corrected chi connectivity index (χ1v) is 6.07. The van der Waals surface area contributed by atoms with Gasteiger partial charge in [0, 0.05) is 19.6 Å². The Bertz CT molecular complexity index is 228. The summed E-state index contributed by atoms with van der Waals surface area (Å²) in [6, 6.07) is -0.148. The van der Waals surface area contributed by atoms with Gasteiger partial charge in [0.05, 0.1) is 6.10 Å². The van der Waals surface area contributed by atoms with E-state index in [1.165, 1.54) is 0 Å². The van der Waals surface area contributed by atoms with E-state index in [2.05, 4.69) is 10.6 Å². The molecule has 0 aliphatic heterocycles. The first kappa shape index (κ1) is 16.2. The molecule has 3 N–H and O–H groups in total.